The van der Waals surface area contributed by atoms with Crippen LogP contribution in [-0.2, 0) is 0 Å². The Labute approximate surface area is 259 Å². The molecule has 1 aromatic carbocycles. The van der Waals surface area contributed by atoms with Crippen molar-refractivity contribution in [1.82, 2.24) is 25.3 Å². The number of allylic oxidation sites excluding steroid dienone is 1. The highest BCUT2D eigenvalue weighted by Crippen LogP contribution is 2.31. The van der Waals surface area contributed by atoms with Gasteiger partial charge in [-0.1, -0.05) is 20.3 Å². The fraction of sp³-hybridized carbons (Fsp3) is 0.375. The molecule has 5 rings (SSSR count). The van der Waals surface area contributed by atoms with Gasteiger partial charge >= 0.3 is 0 Å². The Kier molecular flexibility index (Phi) is 13.6. The van der Waals surface area contributed by atoms with Gasteiger partial charge in [-0.3, -0.25) is 5.01 Å². The van der Waals surface area contributed by atoms with Crippen molar-refractivity contribution in [2.45, 2.75) is 39.4 Å². The molecule has 228 valence electrons. The lowest BCUT2D eigenvalue weighted by molar-refractivity contribution is 0.393. The van der Waals surface area contributed by atoms with Crippen molar-refractivity contribution in [3.63, 3.8) is 0 Å². The Morgan fingerprint density at radius 2 is 1.93 bits per heavy atom. The summed E-state index contributed by atoms with van der Waals surface area (Å²) in [6.45, 7) is 11.5. The Morgan fingerprint density at radius 3 is 2.58 bits per heavy atom. The quantitative estimate of drug-likeness (QED) is 0.0994. The van der Waals surface area contributed by atoms with Crippen molar-refractivity contribution in [3.05, 3.63) is 60.3 Å². The van der Waals surface area contributed by atoms with Crippen LogP contribution < -0.4 is 25.4 Å². The van der Waals surface area contributed by atoms with Gasteiger partial charge in [-0.15, -0.1) is 12.8 Å². The van der Waals surface area contributed by atoms with E-state index in [4.69, 9.17) is 14.5 Å². The monoisotopic (exact) mass is 602 g/mol. The van der Waals surface area contributed by atoms with Crippen LogP contribution in [0.4, 0.5) is 17.3 Å². The fourth-order valence-electron chi connectivity index (χ4n) is 3.95. The summed E-state index contributed by atoms with van der Waals surface area (Å²) in [5.41, 5.74) is 3.22. The molecule has 0 amide bonds. The molecule has 10 nitrogen and oxygen atoms in total. The Morgan fingerprint density at radius 1 is 1.14 bits per heavy atom. The van der Waals surface area contributed by atoms with Crippen LogP contribution in [0.3, 0.4) is 0 Å². The van der Waals surface area contributed by atoms with Crippen LogP contribution in [0, 0.1) is 19.8 Å². The molecule has 1 saturated heterocycles. The van der Waals surface area contributed by atoms with Crippen molar-refractivity contribution >= 4 is 46.3 Å². The number of nitrogens with zero attached hydrogens (tertiary/aromatic N) is 5. The molecule has 43 heavy (non-hydrogen) atoms. The van der Waals surface area contributed by atoms with E-state index in [9.17, 15) is 0 Å². The number of rotatable bonds is 12. The number of nitrogens with one attached hydrogen (secondary N) is 3. The summed E-state index contributed by atoms with van der Waals surface area (Å²) in [6, 6.07) is 7.81. The van der Waals surface area contributed by atoms with Crippen LogP contribution in [0.2, 0.25) is 0 Å². The third-order valence-corrected chi connectivity index (χ3v) is 6.95. The zero-order valence-corrected chi connectivity index (χ0v) is 26.4. The van der Waals surface area contributed by atoms with Gasteiger partial charge in [0.25, 0.3) is 0 Å². The van der Waals surface area contributed by atoms with Crippen LogP contribution in [0.1, 0.15) is 32.8 Å². The lowest BCUT2D eigenvalue weighted by Gasteiger charge is -2.18. The SMILES string of the molecule is C#C.C/C=N\N1C=CC(Oc2ccc(Nc3ncnc4cc(OC)c(NCCNCC5CS5)nc34)cc2C)=CC1.CCC. The minimum absolute atomic E-state index is 0.618. The number of thioether (sulfide) groups is 1. The van der Waals surface area contributed by atoms with E-state index >= 15 is 0 Å². The molecule has 0 bridgehead atoms. The molecule has 0 radical (unpaired) electrons. The smallest absolute Gasteiger partial charge is 0.169 e. The lowest BCUT2D eigenvalue weighted by Crippen LogP contribution is -2.25. The minimum Gasteiger partial charge on any atom is -0.493 e. The molecule has 3 aromatic rings. The number of aromatic nitrogens is 3. The summed E-state index contributed by atoms with van der Waals surface area (Å²) in [7, 11) is 1.64. The highest BCUT2D eigenvalue weighted by molar-refractivity contribution is 8.06. The van der Waals surface area contributed by atoms with Crippen LogP contribution in [-0.4, -0.2) is 70.5 Å². The van der Waals surface area contributed by atoms with Gasteiger partial charge < -0.3 is 25.4 Å². The topological polar surface area (TPSA) is 109 Å². The molecule has 3 N–H and O–H groups in total. The predicted molar refractivity (Wildman–Crippen MR) is 181 cm³/mol. The first-order valence-corrected chi connectivity index (χ1v) is 15.4. The van der Waals surface area contributed by atoms with E-state index in [1.807, 2.05) is 73.2 Å². The largest absolute Gasteiger partial charge is 0.493 e. The molecule has 11 heteroatoms. The lowest BCUT2D eigenvalue weighted by atomic mass is 10.2. The van der Waals surface area contributed by atoms with Gasteiger partial charge in [-0.05, 0) is 49.8 Å². The molecule has 0 aliphatic carbocycles. The van der Waals surface area contributed by atoms with Gasteiger partial charge in [0.15, 0.2) is 17.4 Å². The number of ether oxygens (including phenoxy) is 2. The van der Waals surface area contributed by atoms with E-state index in [1.165, 1.54) is 18.5 Å². The molecule has 0 spiro atoms. The molecule has 4 heterocycles. The zero-order valence-electron chi connectivity index (χ0n) is 25.6. The molecule has 0 saturated carbocycles. The molecule has 2 aliphatic heterocycles. The van der Waals surface area contributed by atoms with Crippen LogP contribution in [0.25, 0.3) is 11.0 Å². The summed E-state index contributed by atoms with van der Waals surface area (Å²) in [4.78, 5) is 13.7. The van der Waals surface area contributed by atoms with Crippen molar-refractivity contribution < 1.29 is 9.47 Å². The number of benzene rings is 1. The Balaban J connectivity index is 0.000000953. The fourth-order valence-corrected chi connectivity index (χ4v) is 4.44. The number of hydrogen-bond acceptors (Lipinski definition) is 11. The number of hydrogen-bond donors (Lipinski definition) is 3. The molecular formula is C32H42N8O2S. The normalized spacial score (nSPS) is 15.1. The molecule has 1 fully saturated rings. The maximum Gasteiger partial charge on any atom is 0.169 e. The van der Waals surface area contributed by atoms with Crippen molar-refractivity contribution in [2.75, 3.05) is 49.7 Å². The highest BCUT2D eigenvalue weighted by Gasteiger charge is 2.21. The minimum atomic E-state index is 0.618. The predicted octanol–water partition coefficient (Wildman–Crippen LogP) is 5.97. The molecule has 1 atom stereocenters. The molecule has 2 aromatic heterocycles. The van der Waals surface area contributed by atoms with Gasteiger partial charge in [0.05, 0.1) is 19.2 Å². The van der Waals surface area contributed by atoms with Crippen LogP contribution in [0.15, 0.2) is 59.8 Å². The van der Waals surface area contributed by atoms with E-state index < -0.39 is 0 Å². The van der Waals surface area contributed by atoms with Gasteiger partial charge in [0, 0.05) is 54.8 Å². The first-order valence-electron chi connectivity index (χ1n) is 14.3. The average Bonchev–Trinajstić information content (AvgIpc) is 3.85. The van der Waals surface area contributed by atoms with E-state index in [1.54, 1.807) is 13.3 Å². The third-order valence-electron chi connectivity index (χ3n) is 5.98. The standard InChI is InChI=1S/C27H32N8O2S.C3H8.C2H2/c1-4-32-35-11-7-20(8-12-35)37-23-6-5-19(13-18(23)2)33-27-25-22(30-17-31-27)14-24(36-3)26(34-25)29-10-9-28-15-21-16-38-21;1-3-2;1-2/h4-8,11,13-14,17,21,28H,9-10,12,15-16H2,1-3H3,(H,29,34)(H,30,31,33);3H2,1-2H3;1-2H/b32-4-;;. The Bertz CT molecular complexity index is 1440. The molecule has 2 aliphatic rings. The summed E-state index contributed by atoms with van der Waals surface area (Å²) in [5.74, 6) is 4.76. The third kappa shape index (κ3) is 10.2. The second-order valence-corrected chi connectivity index (χ2v) is 10.9. The van der Waals surface area contributed by atoms with Gasteiger partial charge in [-0.25, -0.2) is 15.0 Å². The molecular weight excluding hydrogens is 560 g/mol. The summed E-state index contributed by atoms with van der Waals surface area (Å²) in [6.07, 6.45) is 18.3. The summed E-state index contributed by atoms with van der Waals surface area (Å²) in [5, 5.41) is 17.1. The number of fused-ring (bicyclic) bond motifs is 1. The van der Waals surface area contributed by atoms with E-state index in [-0.39, 0.29) is 0 Å². The summed E-state index contributed by atoms with van der Waals surface area (Å²) >= 11 is 1.99. The second-order valence-electron chi connectivity index (χ2n) is 9.55. The average molecular weight is 603 g/mol. The van der Waals surface area contributed by atoms with Crippen molar-refractivity contribution in [1.29, 1.82) is 0 Å². The number of terminal acetylenes is 1. The first kappa shape index (κ1) is 33.2. The number of pyridine rings is 1. The number of methoxy groups -OCH3 is 1. The van der Waals surface area contributed by atoms with Crippen molar-refractivity contribution in [2.24, 2.45) is 5.10 Å². The van der Waals surface area contributed by atoms with Crippen molar-refractivity contribution in [3.8, 4) is 24.3 Å². The molecule has 1 unspecified atom stereocenters. The zero-order chi connectivity index (χ0) is 31.0. The second kappa shape index (κ2) is 17.6. The first-order chi connectivity index (χ1) is 21.0. The van der Waals surface area contributed by atoms with Gasteiger partial charge in [-0.2, -0.15) is 16.9 Å². The van der Waals surface area contributed by atoms with E-state index in [2.05, 4.69) is 57.7 Å². The van der Waals surface area contributed by atoms with Gasteiger partial charge in [0.1, 0.15) is 23.4 Å². The van der Waals surface area contributed by atoms with E-state index in [0.29, 0.717) is 35.0 Å². The highest BCUT2D eigenvalue weighted by atomic mass is 32.2. The number of anilines is 3. The van der Waals surface area contributed by atoms with Crippen LogP contribution in [0.5, 0.6) is 11.5 Å². The Hall–Kier alpha value is -4.27. The van der Waals surface area contributed by atoms with Gasteiger partial charge in [0.2, 0.25) is 0 Å². The maximum atomic E-state index is 6.10. The number of hydrazone groups is 1. The maximum absolute atomic E-state index is 6.10. The van der Waals surface area contributed by atoms with Crippen LogP contribution >= 0.6 is 11.8 Å². The number of aryl methyl sites for hydroxylation is 1. The van der Waals surface area contributed by atoms with E-state index in [0.717, 1.165) is 47.6 Å². The summed E-state index contributed by atoms with van der Waals surface area (Å²) < 4.78 is 11.7.